The van der Waals surface area contributed by atoms with Crippen molar-refractivity contribution in [2.75, 3.05) is 13.7 Å². The SMILES string of the molecule is CCCCOC(=O)C(O[Si](C)(C)C)(C(=O)OC)C(F)(F)C(F)(F)F. The number of alkyl halides is 5. The van der Waals surface area contributed by atoms with Gasteiger partial charge in [-0.15, -0.1) is 0 Å². The lowest BCUT2D eigenvalue weighted by molar-refractivity contribution is -0.329. The number of unbranched alkanes of at least 4 members (excludes halogenated alkanes) is 1. The third-order valence-corrected chi connectivity index (χ3v) is 3.67. The zero-order valence-electron chi connectivity index (χ0n) is 14.1. The molecule has 142 valence electrons. The van der Waals surface area contributed by atoms with Crippen LogP contribution in [0.5, 0.6) is 0 Å². The van der Waals surface area contributed by atoms with E-state index in [1.54, 1.807) is 6.92 Å². The molecule has 0 saturated heterocycles. The molecule has 0 rings (SSSR count). The Kier molecular flexibility index (Phi) is 7.37. The van der Waals surface area contributed by atoms with Crippen molar-refractivity contribution in [2.24, 2.45) is 0 Å². The van der Waals surface area contributed by atoms with Gasteiger partial charge in [-0.3, -0.25) is 0 Å². The van der Waals surface area contributed by atoms with Crippen molar-refractivity contribution in [1.82, 2.24) is 0 Å². The summed E-state index contributed by atoms with van der Waals surface area (Å²) in [4.78, 5) is 24.0. The highest BCUT2D eigenvalue weighted by Gasteiger charge is 2.80. The zero-order chi connectivity index (χ0) is 19.4. The quantitative estimate of drug-likeness (QED) is 0.213. The van der Waals surface area contributed by atoms with Crippen LogP contribution in [0.2, 0.25) is 19.6 Å². The van der Waals surface area contributed by atoms with E-state index in [0.717, 1.165) is 0 Å². The standard InChI is InChI=1S/C13H21F5O5Si/c1-6-7-8-22-10(20)11(9(19)21-2,23-24(3,4)5)12(14,15)13(16,17)18/h6-8H2,1-5H3. The lowest BCUT2D eigenvalue weighted by Crippen LogP contribution is -2.70. The van der Waals surface area contributed by atoms with Gasteiger partial charge in [-0.2, -0.15) is 22.0 Å². The normalized spacial score (nSPS) is 15.6. The molecule has 0 radical (unpaired) electrons. The second kappa shape index (κ2) is 7.77. The Balaban J connectivity index is 6.27. The van der Waals surface area contributed by atoms with Crippen molar-refractivity contribution in [3.63, 3.8) is 0 Å². The lowest BCUT2D eigenvalue weighted by atomic mass is 9.95. The van der Waals surface area contributed by atoms with E-state index in [4.69, 9.17) is 4.43 Å². The van der Waals surface area contributed by atoms with Gasteiger partial charge < -0.3 is 13.9 Å². The molecule has 0 N–H and O–H groups in total. The molecule has 0 aromatic heterocycles. The fraction of sp³-hybridized carbons (Fsp3) is 0.846. The second-order valence-electron chi connectivity index (χ2n) is 5.95. The number of esters is 2. The third-order valence-electron chi connectivity index (χ3n) is 2.75. The molecule has 0 fully saturated rings. The number of carbonyl (C=O) groups is 2. The fourth-order valence-electron chi connectivity index (χ4n) is 1.70. The summed E-state index contributed by atoms with van der Waals surface area (Å²) in [5.74, 6) is -10.1. The van der Waals surface area contributed by atoms with Crippen LogP contribution in [0.1, 0.15) is 19.8 Å². The van der Waals surface area contributed by atoms with Crippen LogP contribution in [0.3, 0.4) is 0 Å². The topological polar surface area (TPSA) is 61.8 Å². The number of halogens is 5. The summed E-state index contributed by atoms with van der Waals surface area (Å²) in [6.45, 7) is 4.99. The average Bonchev–Trinajstić information content (AvgIpc) is 2.41. The monoisotopic (exact) mass is 380 g/mol. The lowest BCUT2D eigenvalue weighted by Gasteiger charge is -2.39. The van der Waals surface area contributed by atoms with Gasteiger partial charge in [0.2, 0.25) is 0 Å². The van der Waals surface area contributed by atoms with Gasteiger partial charge in [0.15, 0.2) is 8.32 Å². The Labute approximate surface area is 137 Å². The Morgan fingerprint density at radius 2 is 1.50 bits per heavy atom. The molecule has 0 aliphatic rings. The minimum absolute atomic E-state index is 0.216. The van der Waals surface area contributed by atoms with Crippen molar-refractivity contribution in [3.05, 3.63) is 0 Å². The van der Waals surface area contributed by atoms with E-state index in [1.165, 1.54) is 19.6 Å². The minimum Gasteiger partial charge on any atom is -0.466 e. The van der Waals surface area contributed by atoms with Crippen LogP contribution in [0.15, 0.2) is 0 Å². The number of hydrogen-bond donors (Lipinski definition) is 0. The highest BCUT2D eigenvalue weighted by Crippen LogP contribution is 2.47. The molecule has 0 amide bonds. The first-order valence-electron chi connectivity index (χ1n) is 7.07. The summed E-state index contributed by atoms with van der Waals surface area (Å²) in [5, 5.41) is 0. The smallest absolute Gasteiger partial charge is 0.457 e. The number of rotatable bonds is 8. The van der Waals surface area contributed by atoms with Crippen molar-refractivity contribution in [3.8, 4) is 0 Å². The van der Waals surface area contributed by atoms with Crippen molar-refractivity contribution < 1.29 is 45.4 Å². The zero-order valence-corrected chi connectivity index (χ0v) is 15.1. The molecule has 1 atom stereocenters. The summed E-state index contributed by atoms with van der Waals surface area (Å²) in [5.41, 5.74) is -4.24. The number of ether oxygens (including phenoxy) is 2. The van der Waals surface area contributed by atoms with Gasteiger partial charge in [-0.05, 0) is 26.1 Å². The molecule has 0 aliphatic heterocycles. The van der Waals surface area contributed by atoms with Gasteiger partial charge in [0.1, 0.15) is 0 Å². The number of methoxy groups -OCH3 is 1. The summed E-state index contributed by atoms with van der Waals surface area (Å²) in [6.07, 6.45) is -5.53. The Bertz CT molecular complexity index is 461. The molecule has 0 bridgehead atoms. The van der Waals surface area contributed by atoms with Crippen LogP contribution < -0.4 is 0 Å². The molecule has 0 aromatic carbocycles. The summed E-state index contributed by atoms with van der Waals surface area (Å²) in [6, 6.07) is 0. The Hall–Kier alpha value is -1.23. The predicted octanol–water partition coefficient (Wildman–Crippen LogP) is 3.29. The molecule has 0 aliphatic carbocycles. The molecule has 24 heavy (non-hydrogen) atoms. The molecular weight excluding hydrogens is 359 g/mol. The molecule has 11 heteroatoms. The summed E-state index contributed by atoms with van der Waals surface area (Å²) < 4.78 is 80.4. The van der Waals surface area contributed by atoms with Gasteiger partial charge in [-0.25, -0.2) is 9.59 Å². The molecule has 0 spiro atoms. The van der Waals surface area contributed by atoms with E-state index < -0.39 is 44.6 Å². The van der Waals surface area contributed by atoms with Crippen molar-refractivity contribution in [1.29, 1.82) is 0 Å². The molecule has 0 saturated carbocycles. The van der Waals surface area contributed by atoms with Crippen LogP contribution in [0.4, 0.5) is 22.0 Å². The first kappa shape index (κ1) is 22.8. The van der Waals surface area contributed by atoms with Crippen LogP contribution in [0.25, 0.3) is 0 Å². The summed E-state index contributed by atoms with van der Waals surface area (Å²) >= 11 is 0. The molecule has 5 nitrogen and oxygen atoms in total. The third kappa shape index (κ3) is 4.65. The van der Waals surface area contributed by atoms with Gasteiger partial charge in [0.05, 0.1) is 13.7 Å². The predicted molar refractivity (Wildman–Crippen MR) is 76.0 cm³/mol. The van der Waals surface area contributed by atoms with Crippen LogP contribution >= 0.6 is 0 Å². The Morgan fingerprint density at radius 1 is 1.00 bits per heavy atom. The van der Waals surface area contributed by atoms with Gasteiger partial charge >= 0.3 is 29.6 Å². The minimum atomic E-state index is -6.23. The van der Waals surface area contributed by atoms with Crippen LogP contribution in [0, 0.1) is 0 Å². The maximum absolute atomic E-state index is 14.1. The summed E-state index contributed by atoms with van der Waals surface area (Å²) in [7, 11) is -2.67. The Morgan fingerprint density at radius 3 is 1.83 bits per heavy atom. The van der Waals surface area contributed by atoms with E-state index >= 15 is 0 Å². The van der Waals surface area contributed by atoms with E-state index in [2.05, 4.69) is 9.47 Å². The number of hydrogen-bond acceptors (Lipinski definition) is 5. The van der Waals surface area contributed by atoms with E-state index in [1.807, 2.05) is 0 Å². The fourth-order valence-corrected chi connectivity index (χ4v) is 2.91. The van der Waals surface area contributed by atoms with Gasteiger partial charge in [-0.1, -0.05) is 13.3 Å². The highest BCUT2D eigenvalue weighted by molar-refractivity contribution is 6.70. The maximum atomic E-state index is 14.1. The van der Waals surface area contributed by atoms with Gasteiger partial charge in [0.25, 0.3) is 0 Å². The average molecular weight is 380 g/mol. The largest absolute Gasteiger partial charge is 0.466 e. The van der Waals surface area contributed by atoms with E-state index in [0.29, 0.717) is 13.5 Å². The molecule has 0 heterocycles. The van der Waals surface area contributed by atoms with Gasteiger partial charge in [0, 0.05) is 0 Å². The van der Waals surface area contributed by atoms with Crippen LogP contribution in [-0.4, -0.2) is 51.7 Å². The van der Waals surface area contributed by atoms with E-state index in [-0.39, 0.29) is 6.42 Å². The first-order chi connectivity index (χ1) is 10.7. The molecular formula is C13H21F5O5Si. The first-order valence-corrected chi connectivity index (χ1v) is 10.5. The molecule has 0 aromatic rings. The number of carbonyl (C=O) groups excluding carboxylic acids is 2. The van der Waals surface area contributed by atoms with Crippen LogP contribution in [-0.2, 0) is 23.5 Å². The molecule has 1 unspecified atom stereocenters. The highest BCUT2D eigenvalue weighted by atomic mass is 28.4. The second-order valence-corrected chi connectivity index (χ2v) is 10.4. The maximum Gasteiger partial charge on any atom is 0.457 e. The van der Waals surface area contributed by atoms with Crippen molar-refractivity contribution >= 4 is 20.3 Å². The van der Waals surface area contributed by atoms with Crippen molar-refractivity contribution in [2.45, 2.75) is 57.1 Å². The van der Waals surface area contributed by atoms with E-state index in [9.17, 15) is 31.5 Å².